The molecule has 0 saturated carbocycles. The van der Waals surface area contributed by atoms with Crippen LogP contribution in [0, 0.1) is 6.08 Å². The molecule has 0 fully saturated rings. The van der Waals surface area contributed by atoms with E-state index >= 15 is 0 Å². The van der Waals surface area contributed by atoms with E-state index in [1.54, 1.807) is 0 Å². The van der Waals surface area contributed by atoms with Gasteiger partial charge in [-0.3, -0.25) is 10.1 Å². The first-order valence-corrected chi connectivity index (χ1v) is 18.6. The second-order valence-electron chi connectivity index (χ2n) is 9.76. The summed E-state index contributed by atoms with van der Waals surface area (Å²) in [4.78, 5) is 10.4. The summed E-state index contributed by atoms with van der Waals surface area (Å²) in [5.41, 5.74) is 5.06. The van der Waals surface area contributed by atoms with Gasteiger partial charge in [0.05, 0.1) is 57.3 Å². The number of benzene rings is 3. The maximum atomic E-state index is 14.2. The molecule has 288 valence electrons. The standard InChI is InChI=1S/C26H27FN8O13S4.3Na.H3P/c1-2-51(39,40)9-8-44-7-3-6-29-25-31-24(27)32-26(33-25)30-15-4-5-17(19(12-15)50-48-46-38)34-35-23-21-14(11-20(22(23)28)52(41,42)43)10-16(13-18(21)36)49-47-45-37;;;;/h2,4-5,10-13,36-38H,1,3,6-9,28H2,(H,41,42,43)(H2,29,30,31,32,33);;;;1H3/q;3*+1;/p-3. The van der Waals surface area contributed by atoms with E-state index in [1.165, 1.54) is 24.3 Å². The first-order valence-electron chi connectivity index (χ1n) is 14.0. The van der Waals surface area contributed by atoms with Crippen molar-refractivity contribution in [1.82, 2.24) is 15.0 Å². The number of phenolic OH excluding ortho intramolecular Hbond substituents is 1. The van der Waals surface area contributed by atoms with Gasteiger partial charge in [-0.25, -0.2) is 16.8 Å². The predicted octanol–water partition coefficient (Wildman–Crippen LogP) is -6.58. The molecule has 56 heavy (non-hydrogen) atoms. The second-order valence-corrected chi connectivity index (χ2v) is 14.7. The molecule has 0 spiro atoms. The molecule has 0 aliphatic heterocycles. The zero-order valence-electron chi connectivity index (χ0n) is 29.7. The zero-order valence-corrected chi connectivity index (χ0v) is 40.3. The fourth-order valence-corrected chi connectivity index (χ4v) is 6.19. The van der Waals surface area contributed by atoms with Crippen LogP contribution in [0.3, 0.4) is 0 Å². The van der Waals surface area contributed by atoms with Crippen molar-refractivity contribution in [3.63, 3.8) is 0 Å². The van der Waals surface area contributed by atoms with Crippen LogP contribution in [0.2, 0.25) is 0 Å². The topological polar surface area (TPSA) is 317 Å². The summed E-state index contributed by atoms with van der Waals surface area (Å²) < 4.78 is 87.0. The Balaban J connectivity index is 0.00000756. The van der Waals surface area contributed by atoms with Gasteiger partial charge in [0.15, 0.2) is 9.84 Å². The number of nitrogens with zero attached hydrogens (tertiary/aromatic N) is 5. The summed E-state index contributed by atoms with van der Waals surface area (Å²) in [6.45, 7) is 3.62. The largest absolute Gasteiger partial charge is 1.00 e. The number of aromatic nitrogens is 3. The van der Waals surface area contributed by atoms with Gasteiger partial charge in [-0.2, -0.15) is 37.9 Å². The van der Waals surface area contributed by atoms with E-state index in [4.69, 9.17) is 10.5 Å². The number of ether oxygens (including phenoxy) is 1. The molecule has 0 radical (unpaired) electrons. The van der Waals surface area contributed by atoms with Crippen LogP contribution < -0.4 is 116 Å². The number of hydrogen-bond donors (Lipinski definition) is 4. The molecular weight excluding hydrogens is 880 g/mol. The fourth-order valence-electron chi connectivity index (χ4n) is 4.12. The zero-order chi connectivity index (χ0) is 37.9. The predicted molar refractivity (Wildman–Crippen MR) is 187 cm³/mol. The van der Waals surface area contributed by atoms with E-state index in [-0.39, 0.29) is 168 Å². The van der Waals surface area contributed by atoms with Gasteiger partial charge in [0, 0.05) is 29.1 Å². The third kappa shape index (κ3) is 16.6. The molecule has 3 aromatic carbocycles. The number of anilines is 4. The molecule has 30 heteroatoms. The molecule has 1 unspecified atom stereocenters. The Morgan fingerprint density at radius 1 is 0.964 bits per heavy atom. The van der Waals surface area contributed by atoms with Gasteiger partial charge in [0.1, 0.15) is 27.2 Å². The van der Waals surface area contributed by atoms with Gasteiger partial charge in [-0.05, 0) is 48.2 Å². The van der Waals surface area contributed by atoms with Crippen LogP contribution in [0.25, 0.3) is 10.8 Å². The molecule has 1 atom stereocenters. The molecule has 21 nitrogen and oxygen atoms in total. The summed E-state index contributed by atoms with van der Waals surface area (Å²) >= 11 is 0.741. The van der Waals surface area contributed by atoms with Crippen molar-refractivity contribution in [2.45, 2.75) is 21.1 Å². The van der Waals surface area contributed by atoms with E-state index in [0.717, 1.165) is 17.5 Å². The summed E-state index contributed by atoms with van der Waals surface area (Å²) in [7, 11) is -8.56. The van der Waals surface area contributed by atoms with E-state index in [1.807, 2.05) is 0 Å². The maximum absolute atomic E-state index is 14.2. The van der Waals surface area contributed by atoms with Gasteiger partial charge >= 0.3 is 94.8 Å². The Bertz CT molecular complexity index is 2190. The Hall–Kier alpha value is -0.890. The number of phenols is 1. The molecule has 4 rings (SSSR count). The van der Waals surface area contributed by atoms with Crippen LogP contribution in [-0.2, 0) is 43.4 Å². The van der Waals surface area contributed by atoms with Crippen LogP contribution in [0.5, 0.6) is 5.75 Å². The van der Waals surface area contributed by atoms with E-state index in [0.29, 0.717) is 30.5 Å². The summed E-state index contributed by atoms with van der Waals surface area (Å²) in [6, 6.07) is 7.29. The maximum Gasteiger partial charge on any atom is 1.00 e. The number of nitrogens with one attached hydrogen (secondary N) is 2. The number of azo groups is 1. The number of rotatable bonds is 20. The minimum absolute atomic E-state index is 0. The second kappa shape index (κ2) is 26.3. The molecule has 1 aromatic heterocycles. The first kappa shape index (κ1) is 55.1. The minimum atomic E-state index is -5.18. The van der Waals surface area contributed by atoms with Crippen LogP contribution in [0.4, 0.5) is 39.0 Å². The van der Waals surface area contributed by atoms with E-state index in [2.05, 4.69) is 61.1 Å². The quantitative estimate of drug-likeness (QED) is 0.00737. The number of hydrogen-bond acceptors (Lipinski definition) is 23. The molecule has 1 heterocycles. The van der Waals surface area contributed by atoms with Gasteiger partial charge in [0.2, 0.25) is 11.9 Å². The Labute approximate surface area is 396 Å². The SMILES string of the molecule is C=CS(=O)(=O)CCOCCCNc1nc(F)nc(Nc2ccc(N=Nc3c(N)c(S(=O)(=O)[O-])cc4cc(SOO[O-])cc(O)c34)c(SOO[O-])c2)n1.P.[Na+].[Na+].[Na+]. The summed E-state index contributed by atoms with van der Waals surface area (Å²) in [5.74, 6) is -1.12. The molecule has 0 amide bonds. The van der Waals surface area contributed by atoms with Crippen molar-refractivity contribution in [2.75, 3.05) is 41.9 Å². The molecule has 0 saturated heterocycles. The van der Waals surface area contributed by atoms with Gasteiger partial charge < -0.3 is 41.3 Å². The minimum Gasteiger partial charge on any atom is -0.744 e. The van der Waals surface area contributed by atoms with Gasteiger partial charge in [-0.1, -0.05) is 6.58 Å². The number of sulfone groups is 1. The van der Waals surface area contributed by atoms with Crippen LogP contribution in [-0.4, -0.2) is 67.0 Å². The summed E-state index contributed by atoms with van der Waals surface area (Å²) in [6.07, 6.45) is -0.741. The molecular formula is C26H27FN8Na3O13PS4. The van der Waals surface area contributed by atoms with Gasteiger partial charge in [0.25, 0.3) is 0 Å². The molecule has 5 N–H and O–H groups in total. The van der Waals surface area contributed by atoms with Crippen molar-refractivity contribution >= 4 is 99.4 Å². The fraction of sp³-hybridized carbons (Fsp3) is 0.192. The average molecular weight is 907 g/mol. The Morgan fingerprint density at radius 2 is 1.64 bits per heavy atom. The van der Waals surface area contributed by atoms with Gasteiger partial charge in [-0.15, -0.1) is 10.2 Å². The average Bonchev–Trinajstić information content (AvgIpc) is 3.08. The van der Waals surface area contributed by atoms with E-state index in [9.17, 15) is 41.4 Å². The number of fused-ring (bicyclic) bond motifs is 1. The third-order valence-corrected chi connectivity index (χ3v) is 9.64. The molecule has 0 bridgehead atoms. The number of aromatic hydroxyl groups is 1. The normalized spacial score (nSPS) is 11.2. The smallest absolute Gasteiger partial charge is 0.744 e. The first-order chi connectivity index (χ1) is 24.7. The van der Waals surface area contributed by atoms with Crippen molar-refractivity contribution < 1.29 is 154 Å². The van der Waals surface area contributed by atoms with Crippen molar-refractivity contribution in [3.8, 4) is 5.75 Å². The van der Waals surface area contributed by atoms with Crippen molar-refractivity contribution in [1.29, 1.82) is 0 Å². The molecule has 0 aliphatic rings. The monoisotopic (exact) mass is 906 g/mol. The molecule has 0 aliphatic carbocycles. The van der Waals surface area contributed by atoms with Crippen LogP contribution in [0.1, 0.15) is 6.42 Å². The Morgan fingerprint density at radius 3 is 2.30 bits per heavy atom. The third-order valence-electron chi connectivity index (χ3n) is 6.34. The van der Waals surface area contributed by atoms with Crippen LogP contribution in [0.15, 0.2) is 73.3 Å². The number of nitrogens with two attached hydrogens (primary N) is 1. The summed E-state index contributed by atoms with van der Waals surface area (Å²) in [5, 5.41) is 52.5. The number of halogens is 1. The number of nitrogen functional groups attached to an aromatic ring is 1. The van der Waals surface area contributed by atoms with Crippen LogP contribution >= 0.6 is 34.0 Å². The Kier molecular flexibility index (Phi) is 25.9. The van der Waals surface area contributed by atoms with E-state index < -0.39 is 48.1 Å². The molecule has 4 aromatic rings. The van der Waals surface area contributed by atoms with Crippen molar-refractivity contribution in [3.05, 3.63) is 54.5 Å². The van der Waals surface area contributed by atoms with Crippen molar-refractivity contribution in [2.24, 2.45) is 10.2 Å².